The van der Waals surface area contributed by atoms with E-state index in [0.29, 0.717) is 5.70 Å². The highest BCUT2D eigenvalue weighted by Gasteiger charge is 2.01. The zero-order valence-corrected chi connectivity index (χ0v) is 10.4. The summed E-state index contributed by atoms with van der Waals surface area (Å²) in [6.07, 6.45) is 1.41. The van der Waals surface area contributed by atoms with Crippen LogP contribution in [-0.2, 0) is 0 Å². The van der Waals surface area contributed by atoms with Gasteiger partial charge in [0.25, 0.3) is 0 Å². The molecule has 0 spiro atoms. The third kappa shape index (κ3) is 7.85. The minimum absolute atomic E-state index is 0.616. The van der Waals surface area contributed by atoms with Crippen LogP contribution in [0.5, 0.6) is 0 Å². The van der Waals surface area contributed by atoms with Gasteiger partial charge in [-0.1, -0.05) is 29.8 Å². The fourth-order valence-electron chi connectivity index (χ4n) is 0.842. The fraction of sp³-hybridized carbons (Fsp3) is 0.385. The van der Waals surface area contributed by atoms with Crippen molar-refractivity contribution < 1.29 is 4.39 Å². The fourth-order valence-corrected chi connectivity index (χ4v) is 0.842. The van der Waals surface area contributed by atoms with Crippen LogP contribution < -0.4 is 11.5 Å². The Morgan fingerprint density at radius 2 is 1.56 bits per heavy atom. The van der Waals surface area contributed by atoms with E-state index in [1.807, 2.05) is 31.2 Å². The number of nitrogens with two attached hydrogens (primary N) is 2. The molecule has 0 aliphatic carbocycles. The second-order valence-electron chi connectivity index (χ2n) is 4.55. The molecule has 0 saturated heterocycles. The summed E-state index contributed by atoms with van der Waals surface area (Å²) in [6.45, 7) is 6.60. The lowest BCUT2D eigenvalue weighted by Crippen LogP contribution is -2.01. The molecule has 0 atom stereocenters. The monoisotopic (exact) mass is 224 g/mol. The minimum Gasteiger partial charge on any atom is -0.403 e. The molecular weight excluding hydrogens is 203 g/mol. The van der Waals surface area contributed by atoms with E-state index >= 15 is 0 Å². The molecule has 0 amide bonds. The maximum Gasteiger partial charge on any atom is 0.102 e. The standard InChI is InChI=1S/C9H12N2.C4H9F/c1-7-2-4-8(5-3-7)9(11)6-10;1-4(2,3)5/h2-6H,10-11H2,1H3;1-3H3/b9-6-;. The Bertz CT molecular complexity index is 328. The zero-order valence-electron chi connectivity index (χ0n) is 10.4. The summed E-state index contributed by atoms with van der Waals surface area (Å²) < 4.78 is 11.7. The van der Waals surface area contributed by atoms with Crippen LogP contribution in [0, 0.1) is 6.92 Å². The van der Waals surface area contributed by atoms with Gasteiger partial charge in [0.2, 0.25) is 0 Å². The van der Waals surface area contributed by atoms with E-state index in [-0.39, 0.29) is 0 Å². The predicted molar refractivity (Wildman–Crippen MR) is 68.4 cm³/mol. The van der Waals surface area contributed by atoms with E-state index < -0.39 is 5.67 Å². The van der Waals surface area contributed by atoms with E-state index in [2.05, 4.69) is 0 Å². The Labute approximate surface area is 97.1 Å². The zero-order chi connectivity index (χ0) is 12.8. The number of halogens is 1. The molecule has 0 bridgehead atoms. The first kappa shape index (κ1) is 14.5. The largest absolute Gasteiger partial charge is 0.403 e. The highest BCUT2D eigenvalue weighted by molar-refractivity contribution is 5.62. The summed E-state index contributed by atoms with van der Waals surface area (Å²) in [5.41, 5.74) is 12.6. The Balaban J connectivity index is 0.000000385. The van der Waals surface area contributed by atoms with Crippen LogP contribution in [0.4, 0.5) is 4.39 Å². The number of aryl methyl sites for hydroxylation is 1. The van der Waals surface area contributed by atoms with E-state index in [1.54, 1.807) is 0 Å². The van der Waals surface area contributed by atoms with E-state index in [0.717, 1.165) is 5.56 Å². The molecule has 4 N–H and O–H groups in total. The van der Waals surface area contributed by atoms with Crippen LogP contribution in [0.1, 0.15) is 31.9 Å². The quantitative estimate of drug-likeness (QED) is 0.770. The Hall–Kier alpha value is -1.51. The maximum absolute atomic E-state index is 11.7. The van der Waals surface area contributed by atoms with E-state index in [9.17, 15) is 4.39 Å². The third-order valence-electron chi connectivity index (χ3n) is 1.56. The van der Waals surface area contributed by atoms with Gasteiger partial charge in [0.05, 0.1) is 5.70 Å². The molecule has 90 valence electrons. The molecule has 0 aliphatic rings. The minimum atomic E-state index is -1.00. The van der Waals surface area contributed by atoms with Crippen molar-refractivity contribution >= 4 is 5.70 Å². The van der Waals surface area contributed by atoms with Crippen LogP contribution in [0.3, 0.4) is 0 Å². The number of benzene rings is 1. The van der Waals surface area contributed by atoms with Crippen LogP contribution >= 0.6 is 0 Å². The van der Waals surface area contributed by atoms with Crippen molar-refractivity contribution in [1.29, 1.82) is 0 Å². The summed E-state index contributed by atoms with van der Waals surface area (Å²) in [5.74, 6) is 0. The van der Waals surface area contributed by atoms with Crippen LogP contribution in [0.15, 0.2) is 30.5 Å². The SMILES string of the molecule is CC(C)(C)F.Cc1ccc(/C(N)=C/N)cc1. The smallest absolute Gasteiger partial charge is 0.102 e. The van der Waals surface area contributed by atoms with E-state index in [4.69, 9.17) is 11.5 Å². The highest BCUT2D eigenvalue weighted by atomic mass is 19.1. The van der Waals surface area contributed by atoms with Gasteiger partial charge in [0, 0.05) is 6.20 Å². The van der Waals surface area contributed by atoms with Crippen molar-refractivity contribution in [2.45, 2.75) is 33.4 Å². The molecule has 1 aromatic carbocycles. The first-order chi connectivity index (χ1) is 7.24. The lowest BCUT2D eigenvalue weighted by atomic mass is 10.1. The summed E-state index contributed by atoms with van der Waals surface area (Å²) in [7, 11) is 0. The Kier molecular flexibility index (Phi) is 5.57. The molecule has 1 aromatic rings. The summed E-state index contributed by atoms with van der Waals surface area (Å²) in [4.78, 5) is 0. The van der Waals surface area contributed by atoms with Crippen molar-refractivity contribution in [3.63, 3.8) is 0 Å². The summed E-state index contributed by atoms with van der Waals surface area (Å²) in [5, 5.41) is 0. The highest BCUT2D eigenvalue weighted by Crippen LogP contribution is 2.08. The molecule has 0 radical (unpaired) electrons. The predicted octanol–water partition coefficient (Wildman–Crippen LogP) is 2.97. The molecule has 0 aliphatic heterocycles. The number of hydrogen-bond acceptors (Lipinski definition) is 2. The Morgan fingerprint density at radius 1 is 1.19 bits per heavy atom. The van der Waals surface area contributed by atoms with Gasteiger partial charge in [0.15, 0.2) is 0 Å². The first-order valence-electron chi connectivity index (χ1n) is 5.17. The molecule has 2 nitrogen and oxygen atoms in total. The number of hydrogen-bond donors (Lipinski definition) is 2. The summed E-state index contributed by atoms with van der Waals surface area (Å²) in [6, 6.07) is 7.92. The van der Waals surface area contributed by atoms with Gasteiger partial charge in [-0.25, -0.2) is 4.39 Å². The van der Waals surface area contributed by atoms with E-state index in [1.165, 1.54) is 32.5 Å². The Morgan fingerprint density at radius 3 is 1.88 bits per heavy atom. The molecular formula is C13H21FN2. The third-order valence-corrected chi connectivity index (χ3v) is 1.56. The molecule has 0 unspecified atom stereocenters. The number of alkyl halides is 1. The topological polar surface area (TPSA) is 52.0 Å². The van der Waals surface area contributed by atoms with Crippen molar-refractivity contribution in [2.75, 3.05) is 0 Å². The molecule has 0 aromatic heterocycles. The number of rotatable bonds is 1. The van der Waals surface area contributed by atoms with Gasteiger partial charge < -0.3 is 11.5 Å². The molecule has 0 fully saturated rings. The first-order valence-corrected chi connectivity index (χ1v) is 5.17. The van der Waals surface area contributed by atoms with Crippen molar-refractivity contribution in [2.24, 2.45) is 11.5 Å². The van der Waals surface area contributed by atoms with Gasteiger partial charge in [-0.05, 0) is 33.3 Å². The van der Waals surface area contributed by atoms with Gasteiger partial charge in [-0.3, -0.25) is 0 Å². The second kappa shape index (κ2) is 6.16. The lowest BCUT2D eigenvalue weighted by molar-refractivity contribution is 0.246. The molecule has 0 saturated carbocycles. The van der Waals surface area contributed by atoms with Crippen LogP contribution in [0.25, 0.3) is 5.70 Å². The van der Waals surface area contributed by atoms with Crippen molar-refractivity contribution in [3.05, 3.63) is 41.6 Å². The normalized spacial score (nSPS) is 11.7. The van der Waals surface area contributed by atoms with Gasteiger partial charge in [0.1, 0.15) is 5.67 Å². The van der Waals surface area contributed by atoms with Gasteiger partial charge >= 0.3 is 0 Å². The van der Waals surface area contributed by atoms with Gasteiger partial charge in [-0.15, -0.1) is 0 Å². The average molecular weight is 224 g/mol. The van der Waals surface area contributed by atoms with Crippen molar-refractivity contribution in [3.8, 4) is 0 Å². The summed E-state index contributed by atoms with van der Waals surface area (Å²) >= 11 is 0. The molecule has 0 heterocycles. The van der Waals surface area contributed by atoms with Gasteiger partial charge in [-0.2, -0.15) is 0 Å². The maximum atomic E-state index is 11.7. The van der Waals surface area contributed by atoms with Crippen LogP contribution in [0.2, 0.25) is 0 Å². The van der Waals surface area contributed by atoms with Crippen LogP contribution in [-0.4, -0.2) is 5.67 Å². The average Bonchev–Trinajstić information content (AvgIpc) is 2.15. The lowest BCUT2D eigenvalue weighted by Gasteiger charge is -1.99. The molecule has 1 rings (SSSR count). The molecule has 16 heavy (non-hydrogen) atoms. The van der Waals surface area contributed by atoms with Crippen molar-refractivity contribution in [1.82, 2.24) is 0 Å². The second-order valence-corrected chi connectivity index (χ2v) is 4.55. The molecule has 3 heteroatoms.